The van der Waals surface area contributed by atoms with E-state index in [2.05, 4.69) is 41.8 Å². The van der Waals surface area contributed by atoms with E-state index < -0.39 is 0 Å². The van der Waals surface area contributed by atoms with Crippen molar-refractivity contribution >= 4 is 27.5 Å². The number of hydrogen-bond donors (Lipinski definition) is 0. The van der Waals surface area contributed by atoms with Crippen molar-refractivity contribution in [3.63, 3.8) is 0 Å². The van der Waals surface area contributed by atoms with Gasteiger partial charge in [0, 0.05) is 17.8 Å². The zero-order valence-corrected chi connectivity index (χ0v) is 13.9. The second-order valence-corrected chi connectivity index (χ2v) is 7.64. The molecule has 1 aliphatic rings. The van der Waals surface area contributed by atoms with Gasteiger partial charge in [0.25, 0.3) is 0 Å². The van der Waals surface area contributed by atoms with E-state index >= 15 is 0 Å². The molecule has 0 aromatic carbocycles. The highest BCUT2D eigenvalue weighted by Crippen LogP contribution is 2.45. The zero-order chi connectivity index (χ0) is 13.5. The van der Waals surface area contributed by atoms with Crippen molar-refractivity contribution in [2.45, 2.75) is 50.8 Å². The second-order valence-electron chi connectivity index (χ2n) is 6.23. The average Bonchev–Trinajstić information content (AvgIpc) is 2.58. The Bertz CT molecular complexity index is 408. The van der Waals surface area contributed by atoms with Gasteiger partial charge in [-0.25, -0.2) is 0 Å². The molecule has 2 rings (SSSR count). The van der Waals surface area contributed by atoms with Gasteiger partial charge in [-0.2, -0.15) is 5.10 Å². The van der Waals surface area contributed by atoms with Gasteiger partial charge in [-0.05, 0) is 40.6 Å². The van der Waals surface area contributed by atoms with Crippen LogP contribution in [0, 0.1) is 11.8 Å². The molecule has 0 saturated heterocycles. The lowest BCUT2D eigenvalue weighted by Gasteiger charge is -2.42. The normalized spacial score (nSPS) is 29.6. The minimum absolute atomic E-state index is 0.0522. The maximum atomic E-state index is 6.64. The number of alkyl halides is 1. The summed E-state index contributed by atoms with van der Waals surface area (Å²) in [4.78, 5) is 0. The van der Waals surface area contributed by atoms with Crippen molar-refractivity contribution in [2.24, 2.45) is 18.9 Å². The number of halogens is 2. The van der Waals surface area contributed by atoms with E-state index in [0.29, 0.717) is 5.92 Å². The lowest BCUT2D eigenvalue weighted by molar-refractivity contribution is 0.199. The van der Waals surface area contributed by atoms with Crippen LogP contribution >= 0.6 is 27.5 Å². The molecule has 4 heteroatoms. The third-order valence-electron chi connectivity index (χ3n) is 4.47. The molecule has 102 valence electrons. The number of aryl methyl sites for hydroxylation is 1. The van der Waals surface area contributed by atoms with E-state index in [0.717, 1.165) is 16.8 Å². The second kappa shape index (κ2) is 5.16. The molecule has 1 aromatic rings. The van der Waals surface area contributed by atoms with Gasteiger partial charge in [-0.3, -0.25) is 4.68 Å². The average molecular weight is 334 g/mol. The summed E-state index contributed by atoms with van der Waals surface area (Å²) in [6, 6.07) is 0. The first-order valence-corrected chi connectivity index (χ1v) is 7.89. The van der Waals surface area contributed by atoms with Gasteiger partial charge in [0.1, 0.15) is 0 Å². The molecule has 0 bridgehead atoms. The third-order valence-corrected chi connectivity index (χ3v) is 5.53. The van der Waals surface area contributed by atoms with E-state index in [-0.39, 0.29) is 10.8 Å². The summed E-state index contributed by atoms with van der Waals surface area (Å²) in [5.41, 5.74) is 1.31. The van der Waals surface area contributed by atoms with Crippen molar-refractivity contribution in [3.8, 4) is 0 Å². The molecule has 0 aliphatic heterocycles. The van der Waals surface area contributed by atoms with Gasteiger partial charge in [0.05, 0.1) is 16.4 Å². The molecule has 0 N–H and O–H groups in total. The first kappa shape index (κ1) is 14.4. The minimum atomic E-state index is 0.0522. The van der Waals surface area contributed by atoms with E-state index in [1.54, 1.807) is 0 Å². The Kier molecular flexibility index (Phi) is 4.13. The van der Waals surface area contributed by atoms with Crippen LogP contribution < -0.4 is 0 Å². The van der Waals surface area contributed by atoms with Crippen LogP contribution in [0.25, 0.3) is 0 Å². The van der Waals surface area contributed by atoms with E-state index in [4.69, 9.17) is 11.6 Å². The van der Waals surface area contributed by atoms with Crippen LogP contribution in [0.5, 0.6) is 0 Å². The highest BCUT2D eigenvalue weighted by atomic mass is 79.9. The molecule has 1 heterocycles. The molecular weight excluding hydrogens is 312 g/mol. The van der Waals surface area contributed by atoms with Crippen LogP contribution in [-0.4, -0.2) is 15.2 Å². The molecule has 3 unspecified atom stereocenters. The topological polar surface area (TPSA) is 17.8 Å². The molecule has 1 aliphatic carbocycles. The van der Waals surface area contributed by atoms with Crippen molar-refractivity contribution in [3.05, 3.63) is 16.4 Å². The maximum absolute atomic E-state index is 6.64. The van der Waals surface area contributed by atoms with Crippen LogP contribution in [-0.2, 0) is 12.5 Å². The Hall–Kier alpha value is -0.0200. The lowest BCUT2D eigenvalue weighted by Crippen LogP contribution is -2.40. The smallest absolute Gasteiger partial charge is 0.0635 e. The van der Waals surface area contributed by atoms with E-state index in [1.165, 1.54) is 18.5 Å². The molecule has 0 radical (unpaired) electrons. The van der Waals surface area contributed by atoms with Gasteiger partial charge in [-0.1, -0.05) is 27.2 Å². The van der Waals surface area contributed by atoms with Crippen LogP contribution in [0.15, 0.2) is 10.7 Å². The summed E-state index contributed by atoms with van der Waals surface area (Å²) in [6.07, 6.45) is 5.50. The van der Waals surface area contributed by atoms with Crippen molar-refractivity contribution in [2.75, 3.05) is 0 Å². The Morgan fingerprint density at radius 3 is 2.61 bits per heavy atom. The summed E-state index contributed by atoms with van der Waals surface area (Å²) in [5, 5.41) is 4.61. The predicted molar refractivity (Wildman–Crippen MR) is 80.1 cm³/mol. The fraction of sp³-hybridized carbons (Fsp3) is 0.786. The third kappa shape index (κ3) is 2.49. The predicted octanol–water partition coefficient (Wildman–Crippen LogP) is 4.50. The Labute approximate surface area is 123 Å². The molecule has 1 fully saturated rings. The molecule has 3 atom stereocenters. The molecule has 18 heavy (non-hydrogen) atoms. The van der Waals surface area contributed by atoms with Gasteiger partial charge >= 0.3 is 0 Å². The molecule has 1 saturated carbocycles. The standard InChI is InChI=1S/C14H22BrClN2/c1-9-5-6-10(12(16)7-9)14(2,3)13-11(15)8-17-18(13)4/h8-10,12H,5-7H2,1-4H3. The fourth-order valence-corrected chi connectivity index (χ4v) is 5.04. The monoisotopic (exact) mass is 332 g/mol. The number of hydrogen-bond acceptors (Lipinski definition) is 1. The molecule has 0 amide bonds. The van der Waals surface area contributed by atoms with Gasteiger partial charge in [-0.15, -0.1) is 11.6 Å². The van der Waals surface area contributed by atoms with Crippen molar-refractivity contribution < 1.29 is 0 Å². The van der Waals surface area contributed by atoms with E-state index in [9.17, 15) is 0 Å². The summed E-state index contributed by atoms with van der Waals surface area (Å²) in [5.74, 6) is 1.27. The van der Waals surface area contributed by atoms with Gasteiger partial charge in [0.2, 0.25) is 0 Å². The van der Waals surface area contributed by atoms with Crippen LogP contribution in [0.3, 0.4) is 0 Å². The quantitative estimate of drug-likeness (QED) is 0.728. The lowest BCUT2D eigenvalue weighted by atomic mass is 9.67. The minimum Gasteiger partial charge on any atom is -0.271 e. The number of aromatic nitrogens is 2. The fourth-order valence-electron chi connectivity index (χ4n) is 3.44. The summed E-state index contributed by atoms with van der Waals surface area (Å²) in [7, 11) is 2.01. The largest absolute Gasteiger partial charge is 0.271 e. The maximum Gasteiger partial charge on any atom is 0.0635 e. The summed E-state index contributed by atoms with van der Waals surface area (Å²) in [6.45, 7) is 6.90. The Morgan fingerprint density at radius 1 is 1.44 bits per heavy atom. The first-order valence-electron chi connectivity index (χ1n) is 6.66. The van der Waals surface area contributed by atoms with Gasteiger partial charge in [0.15, 0.2) is 0 Å². The number of nitrogens with zero attached hydrogens (tertiary/aromatic N) is 2. The SMILES string of the molecule is CC1CCC(C(C)(C)c2c(Br)cnn2C)C(Cl)C1. The van der Waals surface area contributed by atoms with Gasteiger partial charge < -0.3 is 0 Å². The molecule has 1 aromatic heterocycles. The first-order chi connectivity index (χ1) is 8.34. The molecule has 2 nitrogen and oxygen atoms in total. The van der Waals surface area contributed by atoms with Crippen LogP contribution in [0.1, 0.15) is 45.7 Å². The highest BCUT2D eigenvalue weighted by Gasteiger charge is 2.41. The summed E-state index contributed by atoms with van der Waals surface area (Å²) >= 11 is 10.3. The zero-order valence-electron chi connectivity index (χ0n) is 11.6. The number of rotatable bonds is 2. The van der Waals surface area contributed by atoms with Crippen molar-refractivity contribution in [1.29, 1.82) is 0 Å². The molecular formula is C14H22BrClN2. The van der Waals surface area contributed by atoms with Crippen molar-refractivity contribution in [1.82, 2.24) is 9.78 Å². The van der Waals surface area contributed by atoms with E-state index in [1.807, 2.05) is 17.9 Å². The molecule has 0 spiro atoms. The highest BCUT2D eigenvalue weighted by molar-refractivity contribution is 9.10. The summed E-state index contributed by atoms with van der Waals surface area (Å²) < 4.78 is 3.07. The van der Waals surface area contributed by atoms with Crippen LogP contribution in [0.4, 0.5) is 0 Å². The Balaban J connectivity index is 2.31. The van der Waals surface area contributed by atoms with Crippen LogP contribution in [0.2, 0.25) is 0 Å². The Morgan fingerprint density at radius 2 is 2.11 bits per heavy atom.